The zero-order chi connectivity index (χ0) is 17.2. The van der Waals surface area contributed by atoms with Gasteiger partial charge in [-0.15, -0.1) is 6.58 Å². The van der Waals surface area contributed by atoms with Crippen LogP contribution in [0.2, 0.25) is 0 Å². The third-order valence-corrected chi connectivity index (χ3v) is 6.27. The highest BCUT2D eigenvalue weighted by molar-refractivity contribution is 7.91. The molecular weight excluding hydrogens is 322 g/mol. The van der Waals surface area contributed by atoms with Gasteiger partial charge >= 0.3 is 0 Å². The highest BCUT2D eigenvalue weighted by Gasteiger charge is 2.34. The standard InChI is InChI=1S/C19H21NO3S/c1-2-11-20(17-10-12-24(22,23)14-17)19(21)13-16-8-5-7-15-6-3-4-9-18(15)16/h2-9,17H,1,10-14H2. The molecule has 24 heavy (non-hydrogen) atoms. The van der Waals surface area contributed by atoms with Gasteiger partial charge in [-0.05, 0) is 22.8 Å². The second-order valence-electron chi connectivity index (χ2n) is 6.21. The monoisotopic (exact) mass is 343 g/mol. The Balaban J connectivity index is 1.84. The summed E-state index contributed by atoms with van der Waals surface area (Å²) in [7, 11) is -3.03. The quantitative estimate of drug-likeness (QED) is 0.784. The Morgan fingerprint density at radius 1 is 1.21 bits per heavy atom. The number of hydrogen-bond acceptors (Lipinski definition) is 3. The highest BCUT2D eigenvalue weighted by atomic mass is 32.2. The van der Waals surface area contributed by atoms with Gasteiger partial charge in [-0.25, -0.2) is 8.42 Å². The van der Waals surface area contributed by atoms with E-state index in [1.54, 1.807) is 11.0 Å². The van der Waals surface area contributed by atoms with Gasteiger partial charge in [-0.2, -0.15) is 0 Å². The molecule has 126 valence electrons. The van der Waals surface area contributed by atoms with Crippen molar-refractivity contribution in [2.75, 3.05) is 18.1 Å². The van der Waals surface area contributed by atoms with Crippen LogP contribution >= 0.6 is 0 Å². The number of benzene rings is 2. The van der Waals surface area contributed by atoms with Crippen LogP contribution in [0.5, 0.6) is 0 Å². The average Bonchev–Trinajstić information content (AvgIpc) is 2.92. The Bertz CT molecular complexity index is 868. The van der Waals surface area contributed by atoms with Crippen LogP contribution in [0.1, 0.15) is 12.0 Å². The van der Waals surface area contributed by atoms with Gasteiger partial charge in [0.2, 0.25) is 5.91 Å². The lowest BCUT2D eigenvalue weighted by Crippen LogP contribution is -2.42. The van der Waals surface area contributed by atoms with Gasteiger partial charge in [0, 0.05) is 12.6 Å². The van der Waals surface area contributed by atoms with E-state index in [2.05, 4.69) is 6.58 Å². The summed E-state index contributed by atoms with van der Waals surface area (Å²) in [5.41, 5.74) is 0.966. The van der Waals surface area contributed by atoms with Crippen molar-refractivity contribution in [3.05, 3.63) is 60.7 Å². The van der Waals surface area contributed by atoms with Crippen LogP contribution in [0.3, 0.4) is 0 Å². The second kappa shape index (κ2) is 6.77. The predicted molar refractivity (Wildman–Crippen MR) is 96.6 cm³/mol. The summed E-state index contributed by atoms with van der Waals surface area (Å²) in [5, 5.41) is 2.16. The Labute approximate surface area is 142 Å². The molecule has 1 fully saturated rings. The van der Waals surface area contributed by atoms with Gasteiger partial charge in [-0.3, -0.25) is 4.79 Å². The lowest BCUT2D eigenvalue weighted by atomic mass is 10.0. The van der Waals surface area contributed by atoms with Gasteiger partial charge in [-0.1, -0.05) is 48.5 Å². The summed E-state index contributed by atoms with van der Waals surface area (Å²) in [6, 6.07) is 13.7. The second-order valence-corrected chi connectivity index (χ2v) is 8.44. The topological polar surface area (TPSA) is 54.5 Å². The molecular formula is C19H21NO3S. The summed E-state index contributed by atoms with van der Waals surface area (Å²) in [5.74, 6) is 0.169. The molecule has 1 saturated heterocycles. The number of hydrogen-bond donors (Lipinski definition) is 0. The molecule has 0 aromatic heterocycles. The van der Waals surface area contributed by atoms with Crippen molar-refractivity contribution < 1.29 is 13.2 Å². The van der Waals surface area contributed by atoms with E-state index in [-0.39, 0.29) is 29.9 Å². The summed E-state index contributed by atoms with van der Waals surface area (Å²) >= 11 is 0. The highest BCUT2D eigenvalue weighted by Crippen LogP contribution is 2.22. The molecule has 0 N–H and O–H groups in total. The maximum absolute atomic E-state index is 12.8. The zero-order valence-electron chi connectivity index (χ0n) is 13.5. The first-order chi connectivity index (χ1) is 11.5. The van der Waals surface area contributed by atoms with Gasteiger partial charge in [0.1, 0.15) is 0 Å². The molecule has 0 bridgehead atoms. The number of sulfone groups is 1. The molecule has 1 aliphatic heterocycles. The zero-order valence-corrected chi connectivity index (χ0v) is 14.3. The first kappa shape index (κ1) is 16.7. The first-order valence-electron chi connectivity index (χ1n) is 8.07. The Morgan fingerprint density at radius 3 is 2.67 bits per heavy atom. The van der Waals surface area contributed by atoms with E-state index in [1.807, 2.05) is 42.5 Å². The molecule has 0 spiro atoms. The van der Waals surface area contributed by atoms with Crippen LogP contribution in [0.15, 0.2) is 55.1 Å². The molecule has 2 aromatic carbocycles. The molecule has 0 radical (unpaired) electrons. The van der Waals surface area contributed by atoms with Crippen LogP contribution in [0.4, 0.5) is 0 Å². The lowest BCUT2D eigenvalue weighted by molar-refractivity contribution is -0.131. The third-order valence-electron chi connectivity index (χ3n) is 4.52. The van der Waals surface area contributed by atoms with Crippen molar-refractivity contribution in [2.45, 2.75) is 18.9 Å². The number of carbonyl (C=O) groups is 1. The SMILES string of the molecule is C=CCN(C(=O)Cc1cccc2ccccc12)C1CCS(=O)(=O)C1. The molecule has 1 heterocycles. The average molecular weight is 343 g/mol. The van der Waals surface area contributed by atoms with Gasteiger partial charge in [0.05, 0.1) is 17.9 Å². The van der Waals surface area contributed by atoms with Crippen LogP contribution in [0, 0.1) is 0 Å². The summed E-state index contributed by atoms with van der Waals surface area (Å²) in [6.07, 6.45) is 2.44. The Hall–Kier alpha value is -2.14. The van der Waals surface area contributed by atoms with Crippen LogP contribution < -0.4 is 0 Å². The van der Waals surface area contributed by atoms with E-state index in [4.69, 9.17) is 0 Å². The van der Waals surface area contributed by atoms with Crippen molar-refractivity contribution in [3.63, 3.8) is 0 Å². The maximum atomic E-state index is 12.8. The molecule has 1 unspecified atom stereocenters. The lowest BCUT2D eigenvalue weighted by Gasteiger charge is -2.27. The van der Waals surface area contributed by atoms with Crippen LogP contribution in [-0.2, 0) is 21.1 Å². The summed E-state index contributed by atoms with van der Waals surface area (Å²) < 4.78 is 23.5. The largest absolute Gasteiger partial charge is 0.335 e. The predicted octanol–water partition coefficient (Wildman–Crippen LogP) is 2.58. The minimum absolute atomic E-state index is 0.0478. The first-order valence-corrected chi connectivity index (χ1v) is 9.90. The molecule has 0 aliphatic carbocycles. The van der Waals surface area contributed by atoms with E-state index >= 15 is 0 Å². The number of carbonyl (C=O) groups excluding carboxylic acids is 1. The molecule has 5 heteroatoms. The third kappa shape index (κ3) is 3.51. The Morgan fingerprint density at radius 2 is 1.96 bits per heavy atom. The van der Waals surface area contributed by atoms with E-state index in [0.29, 0.717) is 13.0 Å². The fourth-order valence-electron chi connectivity index (χ4n) is 3.33. The molecule has 4 nitrogen and oxygen atoms in total. The van der Waals surface area contributed by atoms with Crippen LogP contribution in [0.25, 0.3) is 10.8 Å². The van der Waals surface area contributed by atoms with E-state index in [9.17, 15) is 13.2 Å². The molecule has 1 atom stereocenters. The number of rotatable bonds is 5. The van der Waals surface area contributed by atoms with E-state index < -0.39 is 9.84 Å². The molecule has 1 aliphatic rings. The van der Waals surface area contributed by atoms with Gasteiger partial charge in [0.15, 0.2) is 9.84 Å². The minimum atomic E-state index is -3.03. The van der Waals surface area contributed by atoms with Crippen molar-refractivity contribution in [1.82, 2.24) is 4.90 Å². The summed E-state index contributed by atoms with van der Waals surface area (Å²) in [6.45, 7) is 4.08. The summed E-state index contributed by atoms with van der Waals surface area (Å²) in [4.78, 5) is 14.5. The number of nitrogens with zero attached hydrogens (tertiary/aromatic N) is 1. The maximum Gasteiger partial charge on any atom is 0.227 e. The fraction of sp³-hybridized carbons (Fsp3) is 0.316. The smallest absolute Gasteiger partial charge is 0.227 e. The molecule has 2 aromatic rings. The fourth-order valence-corrected chi connectivity index (χ4v) is 5.06. The van der Waals surface area contributed by atoms with Crippen molar-refractivity contribution in [3.8, 4) is 0 Å². The van der Waals surface area contributed by atoms with E-state index in [0.717, 1.165) is 16.3 Å². The van der Waals surface area contributed by atoms with Crippen molar-refractivity contribution >= 4 is 26.5 Å². The van der Waals surface area contributed by atoms with E-state index in [1.165, 1.54) is 0 Å². The Kier molecular flexibility index (Phi) is 4.71. The number of fused-ring (bicyclic) bond motifs is 1. The molecule has 0 saturated carbocycles. The normalized spacial score (nSPS) is 19.2. The van der Waals surface area contributed by atoms with Gasteiger partial charge < -0.3 is 4.90 Å². The van der Waals surface area contributed by atoms with Gasteiger partial charge in [0.25, 0.3) is 0 Å². The van der Waals surface area contributed by atoms with Crippen LogP contribution in [-0.4, -0.2) is 43.3 Å². The molecule has 1 amide bonds. The number of amides is 1. The minimum Gasteiger partial charge on any atom is -0.335 e. The van der Waals surface area contributed by atoms with Crippen molar-refractivity contribution in [1.29, 1.82) is 0 Å². The van der Waals surface area contributed by atoms with Crippen molar-refractivity contribution in [2.24, 2.45) is 0 Å². The molecule has 3 rings (SSSR count).